The van der Waals surface area contributed by atoms with Crippen molar-refractivity contribution >= 4 is 0 Å². The third-order valence-electron chi connectivity index (χ3n) is 7.26. The lowest BCUT2D eigenvalue weighted by Crippen LogP contribution is -2.12. The fourth-order valence-electron chi connectivity index (χ4n) is 4.77. The average Bonchev–Trinajstić information content (AvgIpc) is 3.10. The van der Waals surface area contributed by atoms with Gasteiger partial charge in [-0.15, -0.1) is 0 Å². The second-order valence-electron chi connectivity index (χ2n) is 10.7. The SMILES string of the molecule is COc1cc(CNCc2ccc(OCC/C=C/CCOc3ccc(CNCc4cc(OC)cc(OC)c4)cc3)cc2)cc(OC)c1. The summed E-state index contributed by atoms with van der Waals surface area (Å²) in [6.45, 7) is 4.22. The molecule has 0 aliphatic heterocycles. The number of hydrogen-bond acceptors (Lipinski definition) is 8. The van der Waals surface area contributed by atoms with Crippen LogP contribution in [0, 0.1) is 0 Å². The van der Waals surface area contributed by atoms with Crippen LogP contribution in [-0.4, -0.2) is 41.7 Å². The van der Waals surface area contributed by atoms with Crippen LogP contribution >= 0.6 is 0 Å². The minimum Gasteiger partial charge on any atom is -0.497 e. The zero-order chi connectivity index (χ0) is 32.4. The minimum atomic E-state index is 0.632. The van der Waals surface area contributed by atoms with Crippen LogP contribution in [-0.2, 0) is 26.2 Å². The fraction of sp³-hybridized carbons (Fsp3) is 0.316. The Morgan fingerprint density at radius 2 is 0.739 bits per heavy atom. The Balaban J connectivity index is 1.05. The molecule has 8 nitrogen and oxygen atoms in total. The summed E-state index contributed by atoms with van der Waals surface area (Å²) in [5.41, 5.74) is 4.61. The van der Waals surface area contributed by atoms with E-state index in [4.69, 9.17) is 28.4 Å². The molecule has 0 heterocycles. The van der Waals surface area contributed by atoms with E-state index in [1.165, 1.54) is 11.1 Å². The van der Waals surface area contributed by atoms with Gasteiger partial charge in [-0.1, -0.05) is 36.4 Å². The van der Waals surface area contributed by atoms with Gasteiger partial charge in [0.05, 0.1) is 41.7 Å². The van der Waals surface area contributed by atoms with E-state index in [9.17, 15) is 0 Å². The van der Waals surface area contributed by atoms with Gasteiger partial charge in [0.15, 0.2) is 0 Å². The van der Waals surface area contributed by atoms with Crippen LogP contribution in [0.15, 0.2) is 97.1 Å². The van der Waals surface area contributed by atoms with Crippen LogP contribution in [0.5, 0.6) is 34.5 Å². The molecule has 0 amide bonds. The van der Waals surface area contributed by atoms with Crippen molar-refractivity contribution in [1.82, 2.24) is 10.6 Å². The summed E-state index contributed by atoms with van der Waals surface area (Å²) >= 11 is 0. The lowest BCUT2D eigenvalue weighted by Gasteiger charge is -2.10. The van der Waals surface area contributed by atoms with Crippen molar-refractivity contribution in [3.63, 3.8) is 0 Å². The highest BCUT2D eigenvalue weighted by Gasteiger charge is 2.04. The van der Waals surface area contributed by atoms with Gasteiger partial charge in [0.1, 0.15) is 34.5 Å². The summed E-state index contributed by atoms with van der Waals surface area (Å²) in [7, 11) is 6.64. The maximum atomic E-state index is 5.90. The van der Waals surface area contributed by atoms with Gasteiger partial charge in [-0.3, -0.25) is 0 Å². The Kier molecular flexibility index (Phi) is 14.1. The van der Waals surface area contributed by atoms with Gasteiger partial charge in [0, 0.05) is 38.3 Å². The van der Waals surface area contributed by atoms with E-state index < -0.39 is 0 Å². The van der Waals surface area contributed by atoms with E-state index in [1.54, 1.807) is 28.4 Å². The molecule has 0 saturated heterocycles. The molecule has 4 rings (SSSR count). The molecule has 0 bridgehead atoms. The van der Waals surface area contributed by atoms with Gasteiger partial charge in [-0.25, -0.2) is 0 Å². The molecular formula is C38H46N2O6. The summed E-state index contributed by atoms with van der Waals surface area (Å²) in [4.78, 5) is 0. The monoisotopic (exact) mass is 626 g/mol. The molecule has 4 aromatic carbocycles. The van der Waals surface area contributed by atoms with E-state index in [2.05, 4.69) is 47.1 Å². The third-order valence-corrected chi connectivity index (χ3v) is 7.26. The van der Waals surface area contributed by atoms with Gasteiger partial charge in [-0.2, -0.15) is 0 Å². The van der Waals surface area contributed by atoms with Crippen molar-refractivity contribution in [1.29, 1.82) is 0 Å². The molecule has 0 aromatic heterocycles. The summed E-state index contributed by atoms with van der Waals surface area (Å²) in [5.74, 6) is 4.90. The van der Waals surface area contributed by atoms with Gasteiger partial charge in [-0.05, 0) is 83.6 Å². The Morgan fingerprint density at radius 1 is 0.413 bits per heavy atom. The van der Waals surface area contributed by atoms with Crippen LogP contribution in [0.1, 0.15) is 35.1 Å². The first-order valence-corrected chi connectivity index (χ1v) is 15.5. The normalized spacial score (nSPS) is 11.0. The van der Waals surface area contributed by atoms with E-state index in [-0.39, 0.29) is 0 Å². The van der Waals surface area contributed by atoms with Crippen molar-refractivity contribution < 1.29 is 28.4 Å². The number of nitrogens with one attached hydrogen (secondary N) is 2. The van der Waals surface area contributed by atoms with Crippen LogP contribution in [0.2, 0.25) is 0 Å². The molecule has 244 valence electrons. The average molecular weight is 627 g/mol. The van der Waals surface area contributed by atoms with Gasteiger partial charge in [0.2, 0.25) is 0 Å². The standard InChI is InChI=1S/C38H46N2O6/c1-41-35-19-31(20-36(23-35)42-2)27-39-25-29-9-13-33(14-10-29)45-17-7-5-6-8-18-46-34-15-11-30(12-16-34)26-40-28-32-21-37(43-3)24-38(22-32)44-4/h5-6,9-16,19-24,39-40H,7-8,17-18,25-28H2,1-4H3/b6-5+. The number of benzene rings is 4. The minimum absolute atomic E-state index is 0.632. The maximum Gasteiger partial charge on any atom is 0.122 e. The first-order chi connectivity index (χ1) is 22.6. The molecule has 0 fully saturated rings. The van der Waals surface area contributed by atoms with Crippen molar-refractivity contribution in [3.8, 4) is 34.5 Å². The summed E-state index contributed by atoms with van der Waals surface area (Å²) < 4.78 is 33.2. The predicted molar refractivity (Wildman–Crippen MR) is 182 cm³/mol. The highest BCUT2D eigenvalue weighted by atomic mass is 16.5. The molecule has 0 unspecified atom stereocenters. The topological polar surface area (TPSA) is 79.4 Å². The van der Waals surface area contributed by atoms with Crippen molar-refractivity contribution in [2.75, 3.05) is 41.7 Å². The molecule has 8 heteroatoms. The molecule has 0 aliphatic rings. The lowest BCUT2D eigenvalue weighted by molar-refractivity contribution is 0.320. The Hall–Kier alpha value is -4.66. The Labute approximate surface area is 273 Å². The van der Waals surface area contributed by atoms with Crippen LogP contribution in [0.25, 0.3) is 0 Å². The first-order valence-electron chi connectivity index (χ1n) is 15.5. The molecule has 0 aliphatic carbocycles. The molecule has 0 spiro atoms. The van der Waals surface area contributed by atoms with Crippen LogP contribution in [0.3, 0.4) is 0 Å². The smallest absolute Gasteiger partial charge is 0.122 e. The van der Waals surface area contributed by atoms with Gasteiger partial charge >= 0.3 is 0 Å². The summed E-state index contributed by atoms with van der Waals surface area (Å²) in [5, 5.41) is 6.93. The number of rotatable bonds is 20. The Bertz CT molecular complexity index is 1330. The van der Waals surface area contributed by atoms with E-state index in [1.807, 2.05) is 60.7 Å². The Morgan fingerprint density at radius 3 is 1.07 bits per heavy atom. The molecule has 0 atom stereocenters. The summed E-state index contributed by atoms with van der Waals surface area (Å²) in [6, 6.07) is 28.2. The lowest BCUT2D eigenvalue weighted by atomic mass is 10.2. The van der Waals surface area contributed by atoms with E-state index in [0.717, 1.165) is 84.6 Å². The highest BCUT2D eigenvalue weighted by molar-refractivity contribution is 5.39. The first kappa shape index (κ1) is 34.2. The molecule has 46 heavy (non-hydrogen) atoms. The molecule has 2 N–H and O–H groups in total. The molecule has 4 aromatic rings. The van der Waals surface area contributed by atoms with Crippen molar-refractivity contribution in [2.24, 2.45) is 0 Å². The quantitative estimate of drug-likeness (QED) is 0.0795. The molecular weight excluding hydrogens is 580 g/mol. The van der Waals surface area contributed by atoms with Gasteiger partial charge in [0.25, 0.3) is 0 Å². The number of hydrogen-bond donors (Lipinski definition) is 2. The van der Waals surface area contributed by atoms with Crippen LogP contribution < -0.4 is 39.1 Å². The van der Waals surface area contributed by atoms with Crippen LogP contribution in [0.4, 0.5) is 0 Å². The third kappa shape index (κ3) is 11.7. The van der Waals surface area contributed by atoms with Gasteiger partial charge < -0.3 is 39.1 Å². The second kappa shape index (κ2) is 19.0. The summed E-state index contributed by atoms with van der Waals surface area (Å²) in [6.07, 6.45) is 5.97. The molecule has 0 saturated carbocycles. The predicted octanol–water partition coefficient (Wildman–Crippen LogP) is 7.09. The second-order valence-corrected chi connectivity index (χ2v) is 10.7. The maximum absolute atomic E-state index is 5.90. The zero-order valence-electron chi connectivity index (χ0n) is 27.3. The highest BCUT2D eigenvalue weighted by Crippen LogP contribution is 2.24. The zero-order valence-corrected chi connectivity index (χ0v) is 27.3. The number of ether oxygens (including phenoxy) is 6. The van der Waals surface area contributed by atoms with Crippen molar-refractivity contribution in [3.05, 3.63) is 119 Å². The largest absolute Gasteiger partial charge is 0.497 e. The molecule has 0 radical (unpaired) electrons. The van der Waals surface area contributed by atoms with E-state index >= 15 is 0 Å². The fourth-order valence-corrected chi connectivity index (χ4v) is 4.77. The van der Waals surface area contributed by atoms with Crippen molar-refractivity contribution in [2.45, 2.75) is 39.0 Å². The number of methoxy groups -OCH3 is 4. The van der Waals surface area contributed by atoms with E-state index in [0.29, 0.717) is 13.2 Å².